The molecule has 0 radical (unpaired) electrons. The van der Waals surface area contributed by atoms with Gasteiger partial charge in [-0.1, -0.05) is 60.7 Å². The van der Waals surface area contributed by atoms with Crippen LogP contribution in [0.4, 0.5) is 0 Å². The molecule has 0 heterocycles. The lowest BCUT2D eigenvalue weighted by Gasteiger charge is -2.10. The van der Waals surface area contributed by atoms with Crippen LogP contribution in [-0.4, -0.2) is 13.1 Å². The zero-order valence-corrected chi connectivity index (χ0v) is 12.7. The molecule has 0 N–H and O–H groups in total. The normalized spacial score (nSPS) is 12.8. The molecular formula is C19H20O2. The van der Waals surface area contributed by atoms with Crippen LogP contribution in [0, 0.1) is 0 Å². The van der Waals surface area contributed by atoms with Gasteiger partial charge in [-0.05, 0) is 36.1 Å². The molecule has 0 saturated carbocycles. The van der Waals surface area contributed by atoms with E-state index in [1.54, 1.807) is 0 Å². The van der Waals surface area contributed by atoms with Gasteiger partial charge in [0, 0.05) is 0 Å². The molecule has 0 aliphatic rings. The SMILES string of the molecule is COC(=O)[C@H](C)c1cccc(/C=C(\C)c2ccccc2)c1. The fourth-order valence-corrected chi connectivity index (χ4v) is 2.27. The molecular weight excluding hydrogens is 260 g/mol. The summed E-state index contributed by atoms with van der Waals surface area (Å²) in [4.78, 5) is 11.6. The molecule has 108 valence electrons. The van der Waals surface area contributed by atoms with Crippen LogP contribution >= 0.6 is 0 Å². The molecule has 0 saturated heterocycles. The van der Waals surface area contributed by atoms with Crippen molar-refractivity contribution in [2.24, 2.45) is 0 Å². The molecule has 0 aromatic heterocycles. The van der Waals surface area contributed by atoms with Crippen LogP contribution in [0.3, 0.4) is 0 Å². The number of hydrogen-bond acceptors (Lipinski definition) is 2. The van der Waals surface area contributed by atoms with Gasteiger partial charge in [-0.15, -0.1) is 0 Å². The number of allylic oxidation sites excluding steroid dienone is 1. The van der Waals surface area contributed by atoms with E-state index in [0.717, 1.165) is 11.1 Å². The molecule has 0 aliphatic carbocycles. The Morgan fingerprint density at radius 1 is 1.10 bits per heavy atom. The van der Waals surface area contributed by atoms with Gasteiger partial charge >= 0.3 is 5.97 Å². The third-order valence-corrected chi connectivity index (χ3v) is 3.58. The number of hydrogen-bond donors (Lipinski definition) is 0. The minimum absolute atomic E-state index is 0.212. The maximum Gasteiger partial charge on any atom is 0.312 e. The van der Waals surface area contributed by atoms with Crippen LogP contribution in [0.5, 0.6) is 0 Å². The van der Waals surface area contributed by atoms with Crippen molar-refractivity contribution in [1.29, 1.82) is 0 Å². The van der Waals surface area contributed by atoms with Gasteiger partial charge in [0.15, 0.2) is 0 Å². The van der Waals surface area contributed by atoms with E-state index in [1.807, 2.05) is 49.4 Å². The Bertz CT molecular complexity index is 642. The molecule has 0 unspecified atom stereocenters. The zero-order chi connectivity index (χ0) is 15.2. The Morgan fingerprint density at radius 2 is 1.81 bits per heavy atom. The number of carbonyl (C=O) groups is 1. The van der Waals surface area contributed by atoms with Crippen molar-refractivity contribution in [1.82, 2.24) is 0 Å². The summed E-state index contributed by atoms with van der Waals surface area (Å²) < 4.78 is 4.80. The monoisotopic (exact) mass is 280 g/mol. The second-order valence-corrected chi connectivity index (χ2v) is 5.11. The molecule has 2 aromatic rings. The average Bonchev–Trinajstić information content (AvgIpc) is 2.54. The third kappa shape index (κ3) is 3.82. The number of ether oxygens (including phenoxy) is 1. The molecule has 2 heteroatoms. The van der Waals surface area contributed by atoms with Crippen LogP contribution < -0.4 is 0 Å². The molecule has 2 rings (SSSR count). The van der Waals surface area contributed by atoms with E-state index >= 15 is 0 Å². The molecule has 2 nitrogen and oxygen atoms in total. The summed E-state index contributed by atoms with van der Waals surface area (Å²) in [6, 6.07) is 18.3. The maximum atomic E-state index is 11.6. The summed E-state index contributed by atoms with van der Waals surface area (Å²) in [5.74, 6) is -0.462. The highest BCUT2D eigenvalue weighted by atomic mass is 16.5. The molecule has 21 heavy (non-hydrogen) atoms. The Balaban J connectivity index is 2.28. The van der Waals surface area contributed by atoms with E-state index in [4.69, 9.17) is 4.74 Å². The fraction of sp³-hybridized carbons (Fsp3) is 0.211. The Hall–Kier alpha value is -2.35. The number of benzene rings is 2. The minimum Gasteiger partial charge on any atom is -0.469 e. The van der Waals surface area contributed by atoms with Crippen LogP contribution in [0.25, 0.3) is 11.6 Å². The van der Waals surface area contributed by atoms with Gasteiger partial charge in [0.25, 0.3) is 0 Å². The molecule has 1 atom stereocenters. The lowest BCUT2D eigenvalue weighted by molar-refractivity contribution is -0.141. The predicted octanol–water partition coefficient (Wildman–Crippen LogP) is 4.52. The Labute approximate surface area is 126 Å². The smallest absolute Gasteiger partial charge is 0.312 e. The van der Waals surface area contributed by atoms with E-state index in [1.165, 1.54) is 18.2 Å². The summed E-state index contributed by atoms with van der Waals surface area (Å²) in [5, 5.41) is 0. The average molecular weight is 280 g/mol. The Kier molecular flexibility index (Phi) is 4.94. The highest BCUT2D eigenvalue weighted by Crippen LogP contribution is 2.21. The summed E-state index contributed by atoms with van der Waals surface area (Å²) in [5.41, 5.74) is 4.45. The highest BCUT2D eigenvalue weighted by Gasteiger charge is 2.15. The van der Waals surface area contributed by atoms with Gasteiger partial charge in [-0.3, -0.25) is 4.79 Å². The van der Waals surface area contributed by atoms with Crippen molar-refractivity contribution in [3.8, 4) is 0 Å². The van der Waals surface area contributed by atoms with Crippen molar-refractivity contribution in [3.63, 3.8) is 0 Å². The van der Waals surface area contributed by atoms with Gasteiger partial charge in [-0.2, -0.15) is 0 Å². The van der Waals surface area contributed by atoms with Gasteiger partial charge < -0.3 is 4.74 Å². The van der Waals surface area contributed by atoms with E-state index in [0.29, 0.717) is 0 Å². The van der Waals surface area contributed by atoms with Crippen molar-refractivity contribution in [3.05, 3.63) is 71.3 Å². The molecule has 0 bridgehead atoms. The second kappa shape index (κ2) is 6.89. The zero-order valence-electron chi connectivity index (χ0n) is 12.7. The van der Waals surface area contributed by atoms with E-state index in [2.05, 4.69) is 25.1 Å². The van der Waals surface area contributed by atoms with E-state index < -0.39 is 0 Å². The number of rotatable bonds is 4. The fourth-order valence-electron chi connectivity index (χ4n) is 2.27. The second-order valence-electron chi connectivity index (χ2n) is 5.11. The van der Waals surface area contributed by atoms with Crippen LogP contribution in [-0.2, 0) is 9.53 Å². The quantitative estimate of drug-likeness (QED) is 0.608. The number of carbonyl (C=O) groups excluding carboxylic acids is 1. The third-order valence-electron chi connectivity index (χ3n) is 3.58. The topological polar surface area (TPSA) is 26.3 Å². The molecule has 2 aromatic carbocycles. The van der Waals surface area contributed by atoms with E-state index in [-0.39, 0.29) is 11.9 Å². The highest BCUT2D eigenvalue weighted by molar-refractivity contribution is 5.81. The predicted molar refractivity (Wildman–Crippen MR) is 86.9 cm³/mol. The first kappa shape index (κ1) is 15.0. The van der Waals surface area contributed by atoms with Crippen molar-refractivity contribution < 1.29 is 9.53 Å². The number of esters is 1. The van der Waals surface area contributed by atoms with Crippen molar-refractivity contribution in [2.75, 3.05) is 7.11 Å². The molecule has 0 fully saturated rings. The van der Waals surface area contributed by atoms with E-state index in [9.17, 15) is 4.79 Å². The van der Waals surface area contributed by atoms with Crippen LogP contribution in [0.2, 0.25) is 0 Å². The van der Waals surface area contributed by atoms with Crippen molar-refractivity contribution in [2.45, 2.75) is 19.8 Å². The first-order valence-corrected chi connectivity index (χ1v) is 7.03. The summed E-state index contributed by atoms with van der Waals surface area (Å²) in [7, 11) is 1.42. The summed E-state index contributed by atoms with van der Waals surface area (Å²) in [6.07, 6.45) is 2.13. The first-order chi connectivity index (χ1) is 10.1. The summed E-state index contributed by atoms with van der Waals surface area (Å²) in [6.45, 7) is 3.95. The number of methoxy groups -OCH3 is 1. The van der Waals surface area contributed by atoms with Gasteiger partial charge in [0.2, 0.25) is 0 Å². The molecule has 0 spiro atoms. The molecule has 0 amide bonds. The molecule has 0 aliphatic heterocycles. The van der Waals surface area contributed by atoms with Crippen LogP contribution in [0.15, 0.2) is 54.6 Å². The summed E-state index contributed by atoms with van der Waals surface area (Å²) >= 11 is 0. The van der Waals surface area contributed by atoms with Gasteiger partial charge in [-0.25, -0.2) is 0 Å². The van der Waals surface area contributed by atoms with Gasteiger partial charge in [0.1, 0.15) is 0 Å². The lowest BCUT2D eigenvalue weighted by atomic mass is 9.97. The van der Waals surface area contributed by atoms with Gasteiger partial charge in [0.05, 0.1) is 13.0 Å². The van der Waals surface area contributed by atoms with Crippen LogP contribution in [0.1, 0.15) is 36.5 Å². The van der Waals surface area contributed by atoms with Crippen molar-refractivity contribution >= 4 is 17.6 Å². The standard InChI is InChI=1S/C19H20O2/c1-14(17-9-5-4-6-10-17)12-16-8-7-11-18(13-16)15(2)19(20)21-3/h4-13,15H,1-3H3/b14-12+/t15-/m1/s1. The first-order valence-electron chi connectivity index (χ1n) is 7.03. The minimum atomic E-state index is -0.250. The Morgan fingerprint density at radius 3 is 2.48 bits per heavy atom. The maximum absolute atomic E-state index is 11.6. The lowest BCUT2D eigenvalue weighted by Crippen LogP contribution is -2.10. The largest absolute Gasteiger partial charge is 0.469 e.